The van der Waals surface area contributed by atoms with Crippen molar-refractivity contribution in [2.75, 3.05) is 24.0 Å². The molecule has 1 heterocycles. The Morgan fingerprint density at radius 3 is 2.10 bits per heavy atom. The molecule has 0 nitrogen and oxygen atoms in total. The Hall–Kier alpha value is 0.350. The lowest BCUT2D eigenvalue weighted by Gasteiger charge is -2.38. The molecule has 0 aromatic rings. The second kappa shape index (κ2) is 3.17. The van der Waals surface area contributed by atoms with E-state index in [9.17, 15) is 0 Å². The van der Waals surface area contributed by atoms with Crippen molar-refractivity contribution in [2.45, 2.75) is 26.2 Å². The molecule has 0 bridgehead atoms. The molecular weight excluding hydrogens is 140 g/mol. The molecule has 1 aliphatic rings. The van der Waals surface area contributed by atoms with Crippen LogP contribution < -0.4 is 0 Å². The predicted octanol–water partition coefficient (Wildman–Crippen LogP) is 2.87. The highest BCUT2D eigenvalue weighted by atomic mass is 32.3. The van der Waals surface area contributed by atoms with Crippen LogP contribution in [-0.4, -0.2) is 24.0 Å². The summed E-state index contributed by atoms with van der Waals surface area (Å²) in [6, 6.07) is 0. The first kappa shape index (κ1) is 8.45. The minimum atomic E-state index is -0.126. The van der Waals surface area contributed by atoms with Crippen LogP contribution in [0.2, 0.25) is 0 Å². The van der Waals surface area contributed by atoms with Gasteiger partial charge in [0.15, 0.2) is 0 Å². The molecule has 1 aliphatic heterocycles. The van der Waals surface area contributed by atoms with Gasteiger partial charge in [0.2, 0.25) is 0 Å². The number of hydrogen-bond donors (Lipinski definition) is 0. The minimum Gasteiger partial charge on any atom is -0.247 e. The van der Waals surface area contributed by atoms with Crippen molar-refractivity contribution < 1.29 is 0 Å². The fourth-order valence-corrected chi connectivity index (χ4v) is 3.77. The van der Waals surface area contributed by atoms with Crippen molar-refractivity contribution in [3.05, 3.63) is 0 Å². The van der Waals surface area contributed by atoms with Crippen molar-refractivity contribution in [1.82, 2.24) is 0 Å². The molecule has 0 aromatic heterocycles. The van der Waals surface area contributed by atoms with Crippen LogP contribution in [0.4, 0.5) is 0 Å². The average molecular weight is 160 g/mol. The lowest BCUT2D eigenvalue weighted by Crippen LogP contribution is -2.19. The molecule has 0 amide bonds. The zero-order chi connectivity index (χ0) is 7.61. The van der Waals surface area contributed by atoms with Gasteiger partial charge < -0.3 is 0 Å². The van der Waals surface area contributed by atoms with Crippen molar-refractivity contribution in [3.63, 3.8) is 0 Å². The summed E-state index contributed by atoms with van der Waals surface area (Å²) in [5.74, 6) is 4.14. The Balaban J connectivity index is 2.31. The van der Waals surface area contributed by atoms with Gasteiger partial charge in [-0.05, 0) is 42.8 Å². The molecule has 0 aromatic carbocycles. The molecule has 0 atom stereocenters. The van der Waals surface area contributed by atoms with Crippen LogP contribution in [0.25, 0.3) is 0 Å². The molecule has 1 heteroatoms. The first-order chi connectivity index (χ1) is 4.64. The Kier molecular flexibility index (Phi) is 2.67. The summed E-state index contributed by atoms with van der Waals surface area (Å²) in [5, 5.41) is 0. The van der Waals surface area contributed by atoms with Crippen LogP contribution in [0, 0.1) is 5.92 Å². The molecule has 0 saturated carbocycles. The highest BCUT2D eigenvalue weighted by Gasteiger charge is 2.21. The molecule has 0 aliphatic carbocycles. The average Bonchev–Trinajstić information content (AvgIpc) is 1.88. The maximum atomic E-state index is 2.48. The van der Waals surface area contributed by atoms with E-state index in [1.807, 2.05) is 0 Å². The topological polar surface area (TPSA) is 0 Å². The van der Waals surface area contributed by atoms with E-state index >= 15 is 0 Å². The van der Waals surface area contributed by atoms with Crippen molar-refractivity contribution >= 4 is 10.0 Å². The highest BCUT2D eigenvalue weighted by molar-refractivity contribution is 8.32. The van der Waals surface area contributed by atoms with Gasteiger partial charge in [-0.3, -0.25) is 0 Å². The van der Waals surface area contributed by atoms with Gasteiger partial charge in [-0.15, -0.1) is 0 Å². The van der Waals surface area contributed by atoms with Crippen LogP contribution in [0.15, 0.2) is 0 Å². The Bertz CT molecular complexity index is 97.3. The lowest BCUT2D eigenvalue weighted by molar-refractivity contribution is 0.472. The van der Waals surface area contributed by atoms with Crippen LogP contribution in [0.5, 0.6) is 0 Å². The third kappa shape index (κ3) is 2.19. The molecule has 0 unspecified atom stereocenters. The van der Waals surface area contributed by atoms with Crippen LogP contribution in [0.1, 0.15) is 26.2 Å². The van der Waals surface area contributed by atoms with Crippen molar-refractivity contribution in [2.24, 2.45) is 5.92 Å². The third-order valence-corrected chi connectivity index (χ3v) is 5.42. The number of hydrogen-bond acceptors (Lipinski definition) is 0. The zero-order valence-corrected chi connectivity index (χ0v) is 8.34. The monoisotopic (exact) mass is 160 g/mol. The Morgan fingerprint density at radius 2 is 1.70 bits per heavy atom. The van der Waals surface area contributed by atoms with Crippen LogP contribution >= 0.6 is 10.0 Å². The molecule has 0 N–H and O–H groups in total. The van der Waals surface area contributed by atoms with E-state index in [0.29, 0.717) is 0 Å². The first-order valence-electron chi connectivity index (χ1n) is 4.33. The van der Waals surface area contributed by atoms with Crippen molar-refractivity contribution in [3.8, 4) is 0 Å². The largest absolute Gasteiger partial charge is 0.247 e. The highest BCUT2D eigenvalue weighted by Crippen LogP contribution is 2.47. The van der Waals surface area contributed by atoms with Crippen LogP contribution in [0.3, 0.4) is 0 Å². The predicted molar refractivity (Wildman–Crippen MR) is 52.2 cm³/mol. The summed E-state index contributed by atoms with van der Waals surface area (Å²) >= 11 is 0. The summed E-state index contributed by atoms with van der Waals surface area (Å²) in [7, 11) is -0.126. The maximum Gasteiger partial charge on any atom is -0.0230 e. The molecule has 0 spiro atoms. The fourth-order valence-electron chi connectivity index (χ4n) is 1.63. The Labute approximate surface area is 66.7 Å². The van der Waals surface area contributed by atoms with Crippen LogP contribution in [-0.2, 0) is 0 Å². The summed E-state index contributed by atoms with van der Waals surface area (Å²) < 4.78 is 0. The van der Waals surface area contributed by atoms with Crippen molar-refractivity contribution in [1.29, 1.82) is 0 Å². The van der Waals surface area contributed by atoms with Gasteiger partial charge in [-0.2, -0.15) is 0 Å². The number of rotatable bonds is 1. The van der Waals surface area contributed by atoms with Gasteiger partial charge in [0.05, 0.1) is 0 Å². The molecule has 10 heavy (non-hydrogen) atoms. The van der Waals surface area contributed by atoms with Gasteiger partial charge >= 0.3 is 0 Å². The van der Waals surface area contributed by atoms with E-state index in [4.69, 9.17) is 0 Å². The fraction of sp³-hybridized carbons (Fsp3) is 1.00. The quantitative estimate of drug-likeness (QED) is 0.553. The molecule has 1 saturated heterocycles. The standard InChI is InChI=1S/C9H20S/c1-4-9-5-7-10(2,3)8-6-9/h9H,4-8H2,1-3H3. The van der Waals surface area contributed by atoms with E-state index in [0.717, 1.165) is 5.92 Å². The second-order valence-electron chi connectivity index (χ2n) is 4.03. The second-order valence-corrected chi connectivity index (χ2v) is 8.38. The Morgan fingerprint density at radius 1 is 1.20 bits per heavy atom. The van der Waals surface area contributed by atoms with Gasteiger partial charge in [0, 0.05) is 0 Å². The van der Waals surface area contributed by atoms with E-state index < -0.39 is 0 Å². The molecule has 62 valence electrons. The summed E-state index contributed by atoms with van der Waals surface area (Å²) in [6.45, 7) is 2.33. The first-order valence-corrected chi connectivity index (χ1v) is 7.11. The van der Waals surface area contributed by atoms with Gasteiger partial charge in [-0.25, -0.2) is 10.0 Å². The van der Waals surface area contributed by atoms with Gasteiger partial charge in [0.25, 0.3) is 0 Å². The van der Waals surface area contributed by atoms with E-state index in [2.05, 4.69) is 19.4 Å². The minimum absolute atomic E-state index is 0.126. The zero-order valence-electron chi connectivity index (χ0n) is 7.52. The van der Waals surface area contributed by atoms with E-state index in [1.165, 1.54) is 30.8 Å². The summed E-state index contributed by atoms with van der Waals surface area (Å²) in [6.07, 6.45) is 9.41. The molecule has 1 fully saturated rings. The van der Waals surface area contributed by atoms with Gasteiger partial charge in [-0.1, -0.05) is 13.3 Å². The van der Waals surface area contributed by atoms with E-state index in [-0.39, 0.29) is 10.0 Å². The van der Waals surface area contributed by atoms with Gasteiger partial charge in [0.1, 0.15) is 0 Å². The smallest absolute Gasteiger partial charge is 0.0230 e. The SMILES string of the molecule is CCC1CCS(C)(C)CC1. The molecule has 0 radical (unpaired) electrons. The summed E-state index contributed by atoms with van der Waals surface area (Å²) in [4.78, 5) is 0. The summed E-state index contributed by atoms with van der Waals surface area (Å²) in [5.41, 5.74) is 0. The third-order valence-electron chi connectivity index (χ3n) is 2.73. The lowest BCUT2D eigenvalue weighted by atomic mass is 10.0. The normalized spacial score (nSPS) is 29.9. The maximum absolute atomic E-state index is 2.48. The molecule has 1 rings (SSSR count). The van der Waals surface area contributed by atoms with E-state index in [1.54, 1.807) is 0 Å². The molecular formula is C9H20S.